The Morgan fingerprint density at radius 3 is 2.33 bits per heavy atom. The topological polar surface area (TPSA) is 68.8 Å². The van der Waals surface area contributed by atoms with Crippen molar-refractivity contribution in [1.82, 2.24) is 20.9 Å². The molecule has 0 aliphatic rings. The van der Waals surface area contributed by atoms with Crippen LogP contribution >= 0.6 is 24.0 Å². The molecule has 0 fully saturated rings. The minimum Gasteiger partial charge on any atom is -0.355 e. The van der Waals surface area contributed by atoms with Crippen molar-refractivity contribution in [3.05, 3.63) is 35.4 Å². The number of carbonyl (C=O) groups is 1. The van der Waals surface area contributed by atoms with Crippen LogP contribution in [0.25, 0.3) is 0 Å². The van der Waals surface area contributed by atoms with Crippen LogP contribution in [-0.4, -0.2) is 55.5 Å². The van der Waals surface area contributed by atoms with Gasteiger partial charge in [0.1, 0.15) is 0 Å². The quantitative estimate of drug-likeness (QED) is 0.284. The summed E-state index contributed by atoms with van der Waals surface area (Å²) in [5.41, 5.74) is 1.72. The molecule has 0 atom stereocenters. The van der Waals surface area contributed by atoms with E-state index in [0.29, 0.717) is 30.7 Å². The smallest absolute Gasteiger partial charge is 0.251 e. The van der Waals surface area contributed by atoms with Gasteiger partial charge in [0.15, 0.2) is 5.96 Å². The van der Waals surface area contributed by atoms with E-state index in [1.807, 2.05) is 31.2 Å². The number of hydrogen-bond donors (Lipinski definition) is 3. The van der Waals surface area contributed by atoms with E-state index in [0.717, 1.165) is 24.6 Å². The molecule has 0 heterocycles. The first-order valence-corrected chi connectivity index (χ1v) is 9.46. The van der Waals surface area contributed by atoms with E-state index < -0.39 is 0 Å². The van der Waals surface area contributed by atoms with Crippen LogP contribution in [0.5, 0.6) is 0 Å². The number of nitrogens with zero attached hydrogens (tertiary/aromatic N) is 2. The van der Waals surface area contributed by atoms with Crippen molar-refractivity contribution < 1.29 is 4.79 Å². The van der Waals surface area contributed by atoms with Gasteiger partial charge in [-0.25, -0.2) is 0 Å². The van der Waals surface area contributed by atoms with E-state index in [2.05, 4.69) is 53.5 Å². The molecule has 1 rings (SSSR count). The second kappa shape index (κ2) is 13.8. The van der Waals surface area contributed by atoms with Crippen LogP contribution in [0.1, 0.15) is 50.5 Å². The Hall–Kier alpha value is -1.35. The van der Waals surface area contributed by atoms with E-state index in [-0.39, 0.29) is 29.9 Å². The second-order valence-corrected chi connectivity index (χ2v) is 6.84. The Morgan fingerprint density at radius 1 is 1.11 bits per heavy atom. The number of rotatable bonds is 9. The first-order valence-electron chi connectivity index (χ1n) is 9.46. The number of guanidine groups is 1. The van der Waals surface area contributed by atoms with Gasteiger partial charge < -0.3 is 16.0 Å². The van der Waals surface area contributed by atoms with Crippen LogP contribution in [0.3, 0.4) is 0 Å². The second-order valence-electron chi connectivity index (χ2n) is 6.84. The lowest BCUT2D eigenvalue weighted by molar-refractivity contribution is 0.0955. The van der Waals surface area contributed by atoms with Gasteiger partial charge in [0.25, 0.3) is 5.91 Å². The molecular weight excluding hydrogens is 453 g/mol. The van der Waals surface area contributed by atoms with Crippen molar-refractivity contribution in [2.45, 2.75) is 53.2 Å². The lowest BCUT2D eigenvalue weighted by atomic mass is 10.1. The summed E-state index contributed by atoms with van der Waals surface area (Å²) in [4.78, 5) is 18.6. The summed E-state index contributed by atoms with van der Waals surface area (Å²) < 4.78 is 0. The van der Waals surface area contributed by atoms with Gasteiger partial charge in [-0.3, -0.25) is 14.7 Å². The average Bonchev–Trinajstić information content (AvgIpc) is 2.61. The van der Waals surface area contributed by atoms with E-state index >= 15 is 0 Å². The molecule has 0 aliphatic heterocycles. The zero-order valence-corrected chi connectivity index (χ0v) is 19.8. The Bertz CT molecular complexity index is 581. The maximum absolute atomic E-state index is 11.9. The van der Waals surface area contributed by atoms with Crippen molar-refractivity contribution in [1.29, 1.82) is 0 Å². The van der Waals surface area contributed by atoms with Crippen molar-refractivity contribution in [3.8, 4) is 0 Å². The molecule has 1 aromatic carbocycles. The average molecular weight is 489 g/mol. The highest BCUT2D eigenvalue weighted by Gasteiger charge is 2.12. The highest BCUT2D eigenvalue weighted by molar-refractivity contribution is 14.0. The van der Waals surface area contributed by atoms with Gasteiger partial charge in [-0.15, -0.1) is 24.0 Å². The van der Waals surface area contributed by atoms with Crippen molar-refractivity contribution in [3.63, 3.8) is 0 Å². The largest absolute Gasteiger partial charge is 0.355 e. The Morgan fingerprint density at radius 2 is 1.78 bits per heavy atom. The van der Waals surface area contributed by atoms with E-state index in [1.54, 1.807) is 7.05 Å². The van der Waals surface area contributed by atoms with Gasteiger partial charge in [0.2, 0.25) is 0 Å². The Balaban J connectivity index is 0.00000676. The maximum atomic E-state index is 11.9. The summed E-state index contributed by atoms with van der Waals surface area (Å²) >= 11 is 0. The van der Waals surface area contributed by atoms with Crippen molar-refractivity contribution >= 4 is 35.8 Å². The van der Waals surface area contributed by atoms with Crippen LogP contribution in [0.4, 0.5) is 0 Å². The molecule has 0 saturated heterocycles. The fourth-order valence-corrected chi connectivity index (χ4v) is 2.91. The molecule has 27 heavy (non-hydrogen) atoms. The normalized spacial score (nSPS) is 11.5. The standard InChI is InChI=1S/C20H35N5O.HI/c1-7-22-19(26)18-10-8-9-17(13-18)14-24-20(21-6)23-11-12-25(15(2)3)16(4)5;/h8-10,13,15-16H,7,11-12,14H2,1-6H3,(H,22,26)(H2,21,23,24);1H. The minimum atomic E-state index is -0.0423. The molecule has 6 nitrogen and oxygen atoms in total. The molecule has 1 amide bonds. The van der Waals surface area contributed by atoms with E-state index in [9.17, 15) is 4.79 Å². The summed E-state index contributed by atoms with van der Waals surface area (Å²) in [6, 6.07) is 8.68. The van der Waals surface area contributed by atoms with Gasteiger partial charge in [0, 0.05) is 50.9 Å². The lowest BCUT2D eigenvalue weighted by Crippen LogP contribution is -2.45. The van der Waals surface area contributed by atoms with Crippen molar-refractivity contribution in [2.75, 3.05) is 26.7 Å². The zero-order valence-electron chi connectivity index (χ0n) is 17.5. The van der Waals surface area contributed by atoms with Crippen LogP contribution in [0, 0.1) is 0 Å². The molecular formula is C20H36IN5O. The molecule has 3 N–H and O–H groups in total. The Labute approximate surface area is 181 Å². The van der Waals surface area contributed by atoms with Gasteiger partial charge in [-0.1, -0.05) is 12.1 Å². The van der Waals surface area contributed by atoms with Gasteiger partial charge >= 0.3 is 0 Å². The number of benzene rings is 1. The van der Waals surface area contributed by atoms with E-state index in [1.165, 1.54) is 0 Å². The number of hydrogen-bond acceptors (Lipinski definition) is 3. The maximum Gasteiger partial charge on any atom is 0.251 e. The monoisotopic (exact) mass is 489 g/mol. The molecule has 0 bridgehead atoms. The highest BCUT2D eigenvalue weighted by Crippen LogP contribution is 2.05. The first-order chi connectivity index (χ1) is 12.4. The zero-order chi connectivity index (χ0) is 19.5. The lowest BCUT2D eigenvalue weighted by Gasteiger charge is -2.30. The van der Waals surface area contributed by atoms with Crippen LogP contribution in [0.2, 0.25) is 0 Å². The number of halogens is 1. The van der Waals surface area contributed by atoms with Gasteiger partial charge in [-0.05, 0) is 52.3 Å². The highest BCUT2D eigenvalue weighted by atomic mass is 127. The number of amides is 1. The van der Waals surface area contributed by atoms with Gasteiger partial charge in [-0.2, -0.15) is 0 Å². The van der Waals surface area contributed by atoms with Gasteiger partial charge in [0.05, 0.1) is 0 Å². The third-order valence-electron chi connectivity index (χ3n) is 4.20. The summed E-state index contributed by atoms with van der Waals surface area (Å²) in [5.74, 6) is 0.722. The predicted molar refractivity (Wildman–Crippen MR) is 125 cm³/mol. The third kappa shape index (κ3) is 9.41. The van der Waals surface area contributed by atoms with Crippen LogP contribution in [0.15, 0.2) is 29.3 Å². The summed E-state index contributed by atoms with van der Waals surface area (Å²) in [5, 5.41) is 9.48. The number of carbonyl (C=O) groups excluding carboxylic acids is 1. The predicted octanol–water partition coefficient (Wildman–Crippen LogP) is 2.84. The Kier molecular flexibility index (Phi) is 13.1. The fraction of sp³-hybridized carbons (Fsp3) is 0.600. The molecule has 7 heteroatoms. The molecule has 1 aromatic rings. The SMILES string of the molecule is CCNC(=O)c1cccc(CNC(=NC)NCCN(C(C)C)C(C)C)c1.I. The summed E-state index contributed by atoms with van der Waals surface area (Å²) in [6.07, 6.45) is 0. The number of nitrogens with one attached hydrogen (secondary N) is 3. The molecule has 0 spiro atoms. The molecule has 0 aromatic heterocycles. The molecule has 0 radical (unpaired) electrons. The van der Waals surface area contributed by atoms with Crippen LogP contribution in [-0.2, 0) is 6.54 Å². The molecule has 0 unspecified atom stereocenters. The van der Waals surface area contributed by atoms with Crippen molar-refractivity contribution in [2.24, 2.45) is 4.99 Å². The molecule has 154 valence electrons. The summed E-state index contributed by atoms with van der Waals surface area (Å²) in [7, 11) is 1.77. The molecule has 0 saturated carbocycles. The van der Waals surface area contributed by atoms with Crippen LogP contribution < -0.4 is 16.0 Å². The van der Waals surface area contributed by atoms with E-state index in [4.69, 9.17) is 0 Å². The fourth-order valence-electron chi connectivity index (χ4n) is 2.91. The third-order valence-corrected chi connectivity index (χ3v) is 4.20. The molecule has 0 aliphatic carbocycles. The summed E-state index contributed by atoms with van der Waals surface area (Å²) in [6.45, 7) is 13.8. The minimum absolute atomic E-state index is 0. The first kappa shape index (κ1) is 25.6. The number of aliphatic imine (C=N–C) groups is 1.